The number of nitrogens with one attached hydrogen (secondary N) is 2. The number of H-pyrrole nitrogens is 1. The Morgan fingerprint density at radius 1 is 1.22 bits per heavy atom. The lowest BCUT2D eigenvalue weighted by atomic mass is 10.3. The molecule has 9 heteroatoms. The number of aryl methyl sites for hydroxylation is 1. The molecule has 0 unspecified atom stereocenters. The molecule has 0 radical (unpaired) electrons. The van der Waals surface area contributed by atoms with Crippen molar-refractivity contribution in [1.29, 1.82) is 0 Å². The van der Waals surface area contributed by atoms with E-state index in [0.29, 0.717) is 11.3 Å². The van der Waals surface area contributed by atoms with Gasteiger partial charge in [0.2, 0.25) is 0 Å². The van der Waals surface area contributed by atoms with E-state index in [0.717, 1.165) is 21.3 Å². The fourth-order valence-electron chi connectivity index (χ4n) is 2.27. The van der Waals surface area contributed by atoms with Crippen molar-refractivity contribution >= 4 is 48.3 Å². The van der Waals surface area contributed by atoms with E-state index in [2.05, 4.69) is 24.9 Å². The van der Waals surface area contributed by atoms with Gasteiger partial charge in [-0.2, -0.15) is 5.10 Å². The highest BCUT2D eigenvalue weighted by Gasteiger charge is 2.17. The average Bonchev–Trinajstić information content (AvgIpc) is 3.13. The molecule has 4 aromatic rings. The number of aromatic amines is 1. The minimum atomic E-state index is -3.72. The third-order valence-corrected chi connectivity index (χ3v) is 5.64. The Kier molecular flexibility index (Phi) is 3.06. The van der Waals surface area contributed by atoms with Gasteiger partial charge < -0.3 is 0 Å². The summed E-state index contributed by atoms with van der Waals surface area (Å²) in [7, 11) is -3.72. The van der Waals surface area contributed by atoms with E-state index in [1.54, 1.807) is 12.1 Å². The number of sulfonamides is 1. The van der Waals surface area contributed by atoms with E-state index in [4.69, 9.17) is 0 Å². The van der Waals surface area contributed by atoms with Crippen molar-refractivity contribution in [2.45, 2.75) is 11.8 Å². The van der Waals surface area contributed by atoms with Gasteiger partial charge in [-0.3, -0.25) is 14.8 Å². The Labute approximate surface area is 135 Å². The Balaban J connectivity index is 1.73. The molecule has 23 heavy (non-hydrogen) atoms. The lowest BCUT2D eigenvalue weighted by molar-refractivity contribution is 0.601. The van der Waals surface area contributed by atoms with Gasteiger partial charge in [-0.05, 0) is 30.5 Å². The summed E-state index contributed by atoms with van der Waals surface area (Å²) in [5.41, 5.74) is 2.54. The first kappa shape index (κ1) is 14.1. The quantitative estimate of drug-likeness (QED) is 0.594. The van der Waals surface area contributed by atoms with E-state index >= 15 is 0 Å². The molecule has 0 aliphatic carbocycles. The van der Waals surface area contributed by atoms with Crippen LogP contribution in [0.25, 0.3) is 21.3 Å². The van der Waals surface area contributed by atoms with Crippen LogP contribution in [0.5, 0.6) is 0 Å². The fourth-order valence-corrected chi connectivity index (χ4v) is 4.12. The van der Waals surface area contributed by atoms with Gasteiger partial charge in [0.15, 0.2) is 5.65 Å². The molecule has 0 saturated carbocycles. The topological polar surface area (TPSA) is 101 Å². The van der Waals surface area contributed by atoms with Crippen molar-refractivity contribution in [3.63, 3.8) is 0 Å². The Hall–Kier alpha value is -2.52. The molecule has 2 N–H and O–H groups in total. The van der Waals surface area contributed by atoms with E-state index in [-0.39, 0.29) is 4.90 Å². The van der Waals surface area contributed by atoms with Gasteiger partial charge in [-0.25, -0.2) is 13.4 Å². The summed E-state index contributed by atoms with van der Waals surface area (Å²) < 4.78 is 28.4. The van der Waals surface area contributed by atoms with E-state index in [1.807, 2.05) is 18.4 Å². The maximum Gasteiger partial charge on any atom is 0.263 e. The summed E-state index contributed by atoms with van der Waals surface area (Å²) >= 11 is 1.45. The molecule has 4 heterocycles. The van der Waals surface area contributed by atoms with Gasteiger partial charge in [-0.1, -0.05) is 0 Å². The Bertz CT molecular complexity index is 1130. The zero-order chi connectivity index (χ0) is 16.0. The van der Waals surface area contributed by atoms with Gasteiger partial charge in [0.05, 0.1) is 22.1 Å². The van der Waals surface area contributed by atoms with Crippen LogP contribution in [0.3, 0.4) is 0 Å². The number of anilines is 1. The summed E-state index contributed by atoms with van der Waals surface area (Å²) in [5, 5.41) is 9.49. The van der Waals surface area contributed by atoms with Crippen LogP contribution in [-0.2, 0) is 10.0 Å². The minimum absolute atomic E-state index is 0.122. The monoisotopic (exact) mass is 345 g/mol. The number of rotatable bonds is 3. The second-order valence-corrected chi connectivity index (χ2v) is 7.65. The highest BCUT2D eigenvalue weighted by atomic mass is 32.2. The predicted octanol–water partition coefficient (Wildman–Crippen LogP) is 2.68. The van der Waals surface area contributed by atoms with E-state index < -0.39 is 10.0 Å². The van der Waals surface area contributed by atoms with Crippen LogP contribution >= 0.6 is 11.3 Å². The molecule has 4 rings (SSSR count). The molecule has 0 bridgehead atoms. The maximum atomic E-state index is 12.5. The largest absolute Gasteiger partial charge is 0.280 e. The molecule has 7 nitrogen and oxygen atoms in total. The van der Waals surface area contributed by atoms with E-state index in [9.17, 15) is 8.42 Å². The van der Waals surface area contributed by atoms with Crippen molar-refractivity contribution in [2.75, 3.05) is 4.72 Å². The highest BCUT2D eigenvalue weighted by Crippen LogP contribution is 2.24. The van der Waals surface area contributed by atoms with Gasteiger partial charge in [-0.15, -0.1) is 11.3 Å². The van der Waals surface area contributed by atoms with Gasteiger partial charge in [0, 0.05) is 17.3 Å². The van der Waals surface area contributed by atoms with Crippen LogP contribution in [0.15, 0.2) is 40.9 Å². The number of hydrogen-bond acceptors (Lipinski definition) is 6. The predicted molar refractivity (Wildman–Crippen MR) is 89.1 cm³/mol. The smallest absolute Gasteiger partial charge is 0.263 e. The molecule has 0 atom stereocenters. The second-order valence-electron chi connectivity index (χ2n) is 5.02. The first-order valence-electron chi connectivity index (χ1n) is 6.70. The molecule has 0 aliphatic heterocycles. The summed E-state index contributed by atoms with van der Waals surface area (Å²) in [4.78, 5) is 8.43. The van der Waals surface area contributed by atoms with Crippen LogP contribution in [-0.4, -0.2) is 28.6 Å². The lowest BCUT2D eigenvalue weighted by Gasteiger charge is -2.07. The SMILES string of the molecule is Cc1[nH]nc2ncc(NS(=O)(=O)c3cnc4ccsc4c3)cc12. The Morgan fingerprint density at radius 2 is 2.09 bits per heavy atom. The Morgan fingerprint density at radius 3 is 2.96 bits per heavy atom. The lowest BCUT2D eigenvalue weighted by Crippen LogP contribution is -2.13. The standard InChI is InChI=1S/C14H11N5O2S2/c1-8-11-4-9(6-16-14(11)18-17-8)19-23(20,21)10-5-13-12(15-7-10)2-3-22-13/h2-7,19H,1H3,(H,16,17,18). The highest BCUT2D eigenvalue weighted by molar-refractivity contribution is 7.92. The molecule has 0 spiro atoms. The molecule has 0 saturated heterocycles. The van der Waals surface area contributed by atoms with E-state index in [1.165, 1.54) is 23.7 Å². The van der Waals surface area contributed by atoms with Crippen LogP contribution in [0, 0.1) is 6.92 Å². The normalized spacial score (nSPS) is 12.0. The van der Waals surface area contributed by atoms with Crippen molar-refractivity contribution in [3.05, 3.63) is 41.7 Å². The molecule has 0 amide bonds. The van der Waals surface area contributed by atoms with Crippen LogP contribution in [0.4, 0.5) is 5.69 Å². The second kappa shape index (κ2) is 5.00. The summed E-state index contributed by atoms with van der Waals surface area (Å²) in [6.45, 7) is 1.85. The van der Waals surface area contributed by atoms with Crippen LogP contribution < -0.4 is 4.72 Å². The number of nitrogens with zero attached hydrogens (tertiary/aromatic N) is 3. The van der Waals surface area contributed by atoms with Gasteiger partial charge in [0.1, 0.15) is 4.90 Å². The summed E-state index contributed by atoms with van der Waals surface area (Å²) in [6.07, 6.45) is 2.80. The molecule has 116 valence electrons. The number of fused-ring (bicyclic) bond motifs is 2. The molecular formula is C14H11N5O2S2. The zero-order valence-electron chi connectivity index (χ0n) is 11.9. The molecule has 0 aromatic carbocycles. The van der Waals surface area contributed by atoms with Gasteiger partial charge >= 0.3 is 0 Å². The fraction of sp³-hybridized carbons (Fsp3) is 0.0714. The number of thiophene rings is 1. The number of hydrogen-bond donors (Lipinski definition) is 2. The summed E-state index contributed by atoms with van der Waals surface area (Å²) in [6, 6.07) is 5.17. The van der Waals surface area contributed by atoms with Crippen molar-refractivity contribution in [3.8, 4) is 0 Å². The van der Waals surface area contributed by atoms with Crippen molar-refractivity contribution < 1.29 is 8.42 Å². The zero-order valence-corrected chi connectivity index (χ0v) is 13.6. The molecule has 4 aromatic heterocycles. The third kappa shape index (κ3) is 2.43. The first-order chi connectivity index (χ1) is 11.0. The maximum absolute atomic E-state index is 12.5. The minimum Gasteiger partial charge on any atom is -0.280 e. The van der Waals surface area contributed by atoms with Gasteiger partial charge in [0.25, 0.3) is 10.0 Å². The van der Waals surface area contributed by atoms with Crippen molar-refractivity contribution in [1.82, 2.24) is 20.2 Å². The molecule has 0 fully saturated rings. The summed E-state index contributed by atoms with van der Waals surface area (Å²) in [5.74, 6) is 0. The first-order valence-corrected chi connectivity index (χ1v) is 9.06. The molecular weight excluding hydrogens is 334 g/mol. The average molecular weight is 345 g/mol. The van der Waals surface area contributed by atoms with Crippen LogP contribution in [0.2, 0.25) is 0 Å². The number of aromatic nitrogens is 4. The van der Waals surface area contributed by atoms with Crippen molar-refractivity contribution in [2.24, 2.45) is 0 Å². The molecule has 0 aliphatic rings. The number of pyridine rings is 2. The van der Waals surface area contributed by atoms with Crippen LogP contribution in [0.1, 0.15) is 5.69 Å². The third-order valence-electron chi connectivity index (χ3n) is 3.44.